The van der Waals surface area contributed by atoms with Crippen LogP contribution in [-0.4, -0.2) is 0 Å². The van der Waals surface area contributed by atoms with Crippen molar-refractivity contribution in [2.24, 2.45) is 5.92 Å². The summed E-state index contributed by atoms with van der Waals surface area (Å²) >= 11 is 5.97. The maximum atomic E-state index is 5.97. The second kappa shape index (κ2) is 5.88. The van der Waals surface area contributed by atoms with Crippen molar-refractivity contribution >= 4 is 11.6 Å². The Labute approximate surface area is 108 Å². The van der Waals surface area contributed by atoms with Crippen LogP contribution in [-0.2, 0) is 6.42 Å². The Morgan fingerprint density at radius 1 is 1.06 bits per heavy atom. The average molecular weight is 244 g/mol. The van der Waals surface area contributed by atoms with Gasteiger partial charge in [0.2, 0.25) is 0 Å². The van der Waals surface area contributed by atoms with Crippen molar-refractivity contribution in [3.8, 4) is 0 Å². The van der Waals surface area contributed by atoms with Gasteiger partial charge in [0.25, 0.3) is 0 Å². The van der Waals surface area contributed by atoms with Gasteiger partial charge in [-0.3, -0.25) is 0 Å². The first kappa shape index (κ1) is 12.2. The third-order valence-corrected chi connectivity index (χ3v) is 2.96. The minimum absolute atomic E-state index is 0.510. The summed E-state index contributed by atoms with van der Waals surface area (Å²) in [5, 5.41) is 0.797. The second-order valence-corrected chi connectivity index (χ2v) is 4.83. The smallest absolute Gasteiger partial charge is 0.0408 e. The van der Waals surface area contributed by atoms with E-state index in [0.717, 1.165) is 11.4 Å². The Hall–Kier alpha value is -1.27. The fourth-order valence-corrected chi connectivity index (χ4v) is 2.18. The van der Waals surface area contributed by atoms with E-state index in [1.165, 1.54) is 11.1 Å². The Morgan fingerprint density at radius 2 is 1.82 bits per heavy atom. The van der Waals surface area contributed by atoms with E-state index in [0.29, 0.717) is 5.92 Å². The lowest BCUT2D eigenvalue weighted by atomic mass is 9.94. The van der Waals surface area contributed by atoms with E-state index >= 15 is 0 Å². The van der Waals surface area contributed by atoms with Crippen molar-refractivity contribution in [2.45, 2.75) is 13.3 Å². The minimum Gasteiger partial charge on any atom is -0.0843 e. The molecule has 1 heteroatoms. The zero-order valence-corrected chi connectivity index (χ0v) is 10.7. The fourth-order valence-electron chi connectivity index (χ4n) is 1.98. The number of benzene rings is 2. The molecule has 2 rings (SSSR count). The molecule has 0 N–H and O–H groups in total. The van der Waals surface area contributed by atoms with Gasteiger partial charge in [-0.05, 0) is 42.0 Å². The van der Waals surface area contributed by atoms with Gasteiger partial charge in [-0.15, -0.1) is 0 Å². The standard InChI is InChI=1S/C16H16Cl/c1-13(10-14-6-3-2-4-7-14)11-15-8-5-9-16(17)12-15/h2-9,11-13H,10H2,1H3. The molecule has 1 atom stereocenters. The van der Waals surface area contributed by atoms with Gasteiger partial charge in [0, 0.05) is 5.02 Å². The first-order chi connectivity index (χ1) is 8.24. The summed E-state index contributed by atoms with van der Waals surface area (Å²) in [6.07, 6.45) is 3.33. The van der Waals surface area contributed by atoms with Gasteiger partial charge in [0.15, 0.2) is 0 Å². The van der Waals surface area contributed by atoms with E-state index < -0.39 is 0 Å². The zero-order chi connectivity index (χ0) is 12.1. The summed E-state index contributed by atoms with van der Waals surface area (Å²) in [6, 6.07) is 18.5. The maximum Gasteiger partial charge on any atom is 0.0408 e. The van der Waals surface area contributed by atoms with Crippen molar-refractivity contribution in [3.05, 3.63) is 77.2 Å². The first-order valence-corrected chi connectivity index (χ1v) is 6.26. The molecule has 0 amide bonds. The summed E-state index contributed by atoms with van der Waals surface area (Å²) < 4.78 is 0. The van der Waals surface area contributed by atoms with E-state index in [1.807, 2.05) is 18.2 Å². The molecular formula is C16H16Cl. The molecule has 0 aliphatic carbocycles. The van der Waals surface area contributed by atoms with Crippen LogP contribution < -0.4 is 0 Å². The quantitative estimate of drug-likeness (QED) is 0.726. The molecule has 1 radical (unpaired) electrons. The molecule has 0 spiro atoms. The molecule has 0 aliphatic rings. The fraction of sp³-hybridized carbons (Fsp3) is 0.188. The van der Waals surface area contributed by atoms with Crippen LogP contribution in [0.3, 0.4) is 0 Å². The normalized spacial score (nSPS) is 12.4. The average Bonchev–Trinajstić information content (AvgIpc) is 2.30. The number of hydrogen-bond acceptors (Lipinski definition) is 0. The van der Waals surface area contributed by atoms with E-state index in [9.17, 15) is 0 Å². The zero-order valence-electron chi connectivity index (χ0n) is 9.94. The third kappa shape index (κ3) is 3.90. The molecule has 0 heterocycles. The topological polar surface area (TPSA) is 0 Å². The highest BCUT2D eigenvalue weighted by Gasteiger charge is 2.05. The second-order valence-electron chi connectivity index (χ2n) is 4.39. The van der Waals surface area contributed by atoms with Crippen molar-refractivity contribution in [1.29, 1.82) is 0 Å². The van der Waals surface area contributed by atoms with Gasteiger partial charge >= 0.3 is 0 Å². The van der Waals surface area contributed by atoms with Crippen LogP contribution in [0.2, 0.25) is 5.02 Å². The largest absolute Gasteiger partial charge is 0.0843 e. The molecule has 0 nitrogen and oxygen atoms in total. The van der Waals surface area contributed by atoms with Crippen molar-refractivity contribution in [2.75, 3.05) is 0 Å². The van der Waals surface area contributed by atoms with Crippen LogP contribution >= 0.6 is 11.6 Å². The highest BCUT2D eigenvalue weighted by atomic mass is 35.5. The Balaban J connectivity index is 1.96. The van der Waals surface area contributed by atoms with Crippen LogP contribution in [0.1, 0.15) is 18.1 Å². The lowest BCUT2D eigenvalue weighted by molar-refractivity contribution is 0.682. The van der Waals surface area contributed by atoms with Gasteiger partial charge in [-0.1, -0.05) is 61.0 Å². The van der Waals surface area contributed by atoms with Crippen molar-refractivity contribution in [3.63, 3.8) is 0 Å². The number of halogens is 1. The summed E-state index contributed by atoms with van der Waals surface area (Å²) in [7, 11) is 0. The molecule has 0 aromatic heterocycles. The Bertz CT molecular complexity index is 462. The van der Waals surface area contributed by atoms with Crippen LogP contribution in [0.25, 0.3) is 0 Å². The molecule has 1 unspecified atom stereocenters. The van der Waals surface area contributed by atoms with E-state index in [2.05, 4.69) is 49.7 Å². The third-order valence-electron chi connectivity index (χ3n) is 2.73. The van der Waals surface area contributed by atoms with Crippen molar-refractivity contribution in [1.82, 2.24) is 0 Å². The molecule has 0 bridgehead atoms. The van der Waals surface area contributed by atoms with Crippen LogP contribution in [0.15, 0.2) is 54.6 Å². The van der Waals surface area contributed by atoms with Gasteiger partial charge in [-0.25, -0.2) is 0 Å². The Morgan fingerprint density at radius 3 is 2.53 bits per heavy atom. The lowest BCUT2D eigenvalue weighted by Crippen LogP contribution is -2.01. The summed E-state index contributed by atoms with van der Waals surface area (Å²) in [5.74, 6) is 0.510. The van der Waals surface area contributed by atoms with E-state index in [-0.39, 0.29) is 0 Å². The minimum atomic E-state index is 0.510. The van der Waals surface area contributed by atoms with Gasteiger partial charge in [-0.2, -0.15) is 0 Å². The van der Waals surface area contributed by atoms with Crippen LogP contribution in [0.5, 0.6) is 0 Å². The van der Waals surface area contributed by atoms with E-state index in [4.69, 9.17) is 11.6 Å². The highest BCUT2D eigenvalue weighted by Crippen LogP contribution is 2.18. The van der Waals surface area contributed by atoms with Crippen molar-refractivity contribution < 1.29 is 0 Å². The van der Waals surface area contributed by atoms with Gasteiger partial charge in [0.1, 0.15) is 0 Å². The number of rotatable bonds is 4. The predicted molar refractivity (Wildman–Crippen MR) is 74.2 cm³/mol. The van der Waals surface area contributed by atoms with Gasteiger partial charge < -0.3 is 0 Å². The van der Waals surface area contributed by atoms with E-state index in [1.54, 1.807) is 0 Å². The Kier molecular flexibility index (Phi) is 4.22. The lowest BCUT2D eigenvalue weighted by Gasteiger charge is -2.11. The molecule has 17 heavy (non-hydrogen) atoms. The first-order valence-electron chi connectivity index (χ1n) is 5.88. The molecule has 0 saturated heterocycles. The molecule has 0 fully saturated rings. The molecule has 2 aromatic rings. The highest BCUT2D eigenvalue weighted by molar-refractivity contribution is 6.30. The summed E-state index contributed by atoms with van der Waals surface area (Å²) in [6.45, 7) is 2.23. The molecule has 0 saturated carbocycles. The SMILES string of the molecule is CC([CH]c1cccc(Cl)c1)Cc1ccccc1. The van der Waals surface area contributed by atoms with Crippen LogP contribution in [0, 0.1) is 12.3 Å². The molecular weight excluding hydrogens is 228 g/mol. The summed E-state index contributed by atoms with van der Waals surface area (Å²) in [5.41, 5.74) is 2.57. The van der Waals surface area contributed by atoms with Crippen LogP contribution in [0.4, 0.5) is 0 Å². The molecule has 2 aromatic carbocycles. The molecule has 0 aliphatic heterocycles. The maximum absolute atomic E-state index is 5.97. The summed E-state index contributed by atoms with van der Waals surface area (Å²) in [4.78, 5) is 0. The predicted octanol–water partition coefficient (Wildman–Crippen LogP) is 4.77. The van der Waals surface area contributed by atoms with Gasteiger partial charge in [0.05, 0.1) is 0 Å². The molecule has 87 valence electrons. The monoisotopic (exact) mass is 243 g/mol. The number of hydrogen-bond donors (Lipinski definition) is 0.